The van der Waals surface area contributed by atoms with Gasteiger partial charge in [0.25, 0.3) is 5.56 Å². The SMILES string of the molecule is O=Cc1ccc(-c2cc(C(=O)O)c[nH]c2=O)cc1. The van der Waals surface area contributed by atoms with E-state index in [0.717, 1.165) is 6.20 Å². The molecule has 0 aliphatic rings. The summed E-state index contributed by atoms with van der Waals surface area (Å²) in [5, 5.41) is 8.86. The molecule has 0 aliphatic carbocycles. The van der Waals surface area contributed by atoms with E-state index in [2.05, 4.69) is 4.98 Å². The summed E-state index contributed by atoms with van der Waals surface area (Å²) in [6, 6.07) is 7.63. The van der Waals surface area contributed by atoms with Crippen molar-refractivity contribution < 1.29 is 14.7 Å². The van der Waals surface area contributed by atoms with Gasteiger partial charge in [0.1, 0.15) is 6.29 Å². The third-order valence-corrected chi connectivity index (χ3v) is 2.51. The number of benzene rings is 1. The Kier molecular flexibility index (Phi) is 3.05. The second kappa shape index (κ2) is 4.67. The lowest BCUT2D eigenvalue weighted by molar-refractivity contribution is 0.0696. The zero-order valence-corrected chi connectivity index (χ0v) is 9.21. The fourth-order valence-corrected chi connectivity index (χ4v) is 1.56. The van der Waals surface area contributed by atoms with Crippen molar-refractivity contribution in [1.82, 2.24) is 4.98 Å². The summed E-state index contributed by atoms with van der Waals surface area (Å²) in [5.41, 5.74) is 0.935. The van der Waals surface area contributed by atoms with Crippen LogP contribution in [0.5, 0.6) is 0 Å². The van der Waals surface area contributed by atoms with Gasteiger partial charge in [-0.25, -0.2) is 4.79 Å². The second-order valence-corrected chi connectivity index (χ2v) is 3.68. The molecule has 0 fully saturated rings. The maximum atomic E-state index is 11.6. The molecule has 2 aromatic rings. The van der Waals surface area contributed by atoms with Gasteiger partial charge in [-0.15, -0.1) is 0 Å². The summed E-state index contributed by atoms with van der Waals surface area (Å²) in [6.45, 7) is 0. The minimum atomic E-state index is -1.11. The molecule has 0 spiro atoms. The van der Waals surface area contributed by atoms with Crippen molar-refractivity contribution in [1.29, 1.82) is 0 Å². The number of aromatic nitrogens is 1. The minimum Gasteiger partial charge on any atom is -0.478 e. The first-order valence-electron chi connectivity index (χ1n) is 5.13. The van der Waals surface area contributed by atoms with Gasteiger partial charge < -0.3 is 10.1 Å². The van der Waals surface area contributed by atoms with E-state index < -0.39 is 5.97 Å². The number of hydrogen-bond acceptors (Lipinski definition) is 3. The van der Waals surface area contributed by atoms with E-state index in [4.69, 9.17) is 5.11 Å². The van der Waals surface area contributed by atoms with Crippen LogP contribution >= 0.6 is 0 Å². The van der Waals surface area contributed by atoms with Crippen LogP contribution in [0, 0.1) is 0 Å². The Balaban J connectivity index is 2.54. The number of carbonyl (C=O) groups is 2. The van der Waals surface area contributed by atoms with Crippen LogP contribution in [-0.2, 0) is 0 Å². The third-order valence-electron chi connectivity index (χ3n) is 2.51. The first-order valence-corrected chi connectivity index (χ1v) is 5.13. The van der Waals surface area contributed by atoms with Gasteiger partial charge in [0.15, 0.2) is 0 Å². The number of aromatic carboxylic acids is 1. The standard InChI is InChI=1S/C13H9NO4/c15-7-8-1-3-9(4-2-8)11-5-10(13(17)18)6-14-12(11)16/h1-7H,(H,14,16)(H,17,18). The number of pyridine rings is 1. The summed E-state index contributed by atoms with van der Waals surface area (Å²) in [7, 11) is 0. The largest absolute Gasteiger partial charge is 0.478 e. The highest BCUT2D eigenvalue weighted by molar-refractivity contribution is 5.89. The van der Waals surface area contributed by atoms with E-state index in [9.17, 15) is 14.4 Å². The van der Waals surface area contributed by atoms with Gasteiger partial charge in [-0.3, -0.25) is 9.59 Å². The van der Waals surface area contributed by atoms with Crippen molar-refractivity contribution in [3.05, 3.63) is 58.0 Å². The molecule has 0 radical (unpaired) electrons. The molecule has 0 aliphatic heterocycles. The minimum absolute atomic E-state index is 0.00376. The van der Waals surface area contributed by atoms with Crippen molar-refractivity contribution in [2.75, 3.05) is 0 Å². The maximum absolute atomic E-state index is 11.6. The molecule has 2 rings (SSSR count). The highest BCUT2D eigenvalue weighted by atomic mass is 16.4. The Hall–Kier alpha value is -2.69. The average Bonchev–Trinajstić information content (AvgIpc) is 2.39. The average molecular weight is 243 g/mol. The van der Waals surface area contributed by atoms with E-state index >= 15 is 0 Å². The lowest BCUT2D eigenvalue weighted by Gasteiger charge is -2.02. The van der Waals surface area contributed by atoms with Crippen molar-refractivity contribution in [2.24, 2.45) is 0 Å². The smallest absolute Gasteiger partial charge is 0.337 e. The molecule has 1 aromatic carbocycles. The number of hydrogen-bond donors (Lipinski definition) is 2. The molecule has 18 heavy (non-hydrogen) atoms. The first-order chi connectivity index (χ1) is 8.61. The monoisotopic (exact) mass is 243 g/mol. The molecule has 1 heterocycles. The molecule has 0 unspecified atom stereocenters. The van der Waals surface area contributed by atoms with Gasteiger partial charge in [-0.2, -0.15) is 0 Å². The molecular weight excluding hydrogens is 234 g/mol. The second-order valence-electron chi connectivity index (χ2n) is 3.68. The van der Waals surface area contributed by atoms with Gasteiger partial charge in [-0.05, 0) is 11.6 Å². The predicted molar refractivity (Wildman–Crippen MR) is 64.8 cm³/mol. The predicted octanol–water partition coefficient (Wildman–Crippen LogP) is 1.55. The van der Waals surface area contributed by atoms with Crippen LogP contribution in [0.15, 0.2) is 41.3 Å². The lowest BCUT2D eigenvalue weighted by Crippen LogP contribution is -2.11. The topological polar surface area (TPSA) is 87.2 Å². The number of aromatic amines is 1. The van der Waals surface area contributed by atoms with Crippen molar-refractivity contribution >= 4 is 12.3 Å². The number of aldehydes is 1. The summed E-state index contributed by atoms with van der Waals surface area (Å²) in [4.78, 5) is 35.3. The van der Waals surface area contributed by atoms with Crippen molar-refractivity contribution in [3.63, 3.8) is 0 Å². The number of carboxylic acid groups (broad SMARTS) is 1. The molecule has 0 saturated carbocycles. The Morgan fingerprint density at radius 3 is 2.44 bits per heavy atom. The summed E-state index contributed by atoms with van der Waals surface area (Å²) in [6.07, 6.45) is 1.84. The molecule has 0 bridgehead atoms. The summed E-state index contributed by atoms with van der Waals surface area (Å²) < 4.78 is 0. The van der Waals surface area contributed by atoms with E-state index in [0.29, 0.717) is 17.4 Å². The van der Waals surface area contributed by atoms with E-state index in [1.807, 2.05) is 0 Å². The number of carbonyl (C=O) groups excluding carboxylic acids is 1. The highest BCUT2D eigenvalue weighted by Crippen LogP contribution is 2.16. The van der Waals surface area contributed by atoms with E-state index in [1.54, 1.807) is 24.3 Å². The number of rotatable bonds is 3. The fraction of sp³-hybridized carbons (Fsp3) is 0. The molecule has 5 nitrogen and oxygen atoms in total. The van der Waals surface area contributed by atoms with Crippen LogP contribution in [0.2, 0.25) is 0 Å². The summed E-state index contributed by atoms with van der Waals surface area (Å²) >= 11 is 0. The van der Waals surface area contributed by atoms with Gasteiger partial charge in [0, 0.05) is 17.3 Å². The Bertz CT molecular complexity index is 655. The van der Waals surface area contributed by atoms with Crippen LogP contribution in [-0.4, -0.2) is 22.3 Å². The van der Waals surface area contributed by atoms with E-state index in [-0.39, 0.29) is 16.7 Å². The normalized spacial score (nSPS) is 10.0. The zero-order valence-electron chi connectivity index (χ0n) is 9.21. The van der Waals surface area contributed by atoms with Crippen LogP contribution in [0.4, 0.5) is 0 Å². The van der Waals surface area contributed by atoms with Gasteiger partial charge in [0.05, 0.1) is 5.56 Å². The molecule has 1 aromatic heterocycles. The summed E-state index contributed by atoms with van der Waals surface area (Å²) in [5.74, 6) is -1.11. The van der Waals surface area contributed by atoms with Crippen LogP contribution < -0.4 is 5.56 Å². The molecule has 2 N–H and O–H groups in total. The molecule has 90 valence electrons. The number of nitrogens with one attached hydrogen (secondary N) is 1. The maximum Gasteiger partial charge on any atom is 0.337 e. The Labute approximate surface area is 102 Å². The highest BCUT2D eigenvalue weighted by Gasteiger charge is 2.08. The van der Waals surface area contributed by atoms with Crippen LogP contribution in [0.25, 0.3) is 11.1 Å². The molecule has 5 heteroatoms. The molecule has 0 amide bonds. The quantitative estimate of drug-likeness (QED) is 0.800. The van der Waals surface area contributed by atoms with Crippen LogP contribution in [0.3, 0.4) is 0 Å². The Morgan fingerprint density at radius 1 is 1.22 bits per heavy atom. The third kappa shape index (κ3) is 2.20. The van der Waals surface area contributed by atoms with Gasteiger partial charge >= 0.3 is 5.97 Å². The molecule has 0 atom stereocenters. The van der Waals surface area contributed by atoms with Crippen molar-refractivity contribution in [2.45, 2.75) is 0 Å². The molecular formula is C13H9NO4. The number of carboxylic acids is 1. The van der Waals surface area contributed by atoms with Crippen LogP contribution in [0.1, 0.15) is 20.7 Å². The lowest BCUT2D eigenvalue weighted by atomic mass is 10.0. The van der Waals surface area contributed by atoms with Crippen molar-refractivity contribution in [3.8, 4) is 11.1 Å². The van der Waals surface area contributed by atoms with Gasteiger partial charge in [-0.1, -0.05) is 24.3 Å². The first kappa shape index (κ1) is 11.8. The molecule has 0 saturated heterocycles. The van der Waals surface area contributed by atoms with Gasteiger partial charge in [0.2, 0.25) is 0 Å². The number of H-pyrrole nitrogens is 1. The van der Waals surface area contributed by atoms with E-state index in [1.165, 1.54) is 6.07 Å². The fourth-order valence-electron chi connectivity index (χ4n) is 1.56. The Morgan fingerprint density at radius 2 is 1.89 bits per heavy atom. The zero-order chi connectivity index (χ0) is 13.1.